The van der Waals surface area contributed by atoms with Gasteiger partial charge >= 0.3 is 0 Å². The highest BCUT2D eigenvalue weighted by molar-refractivity contribution is 6.17. The third-order valence-electron chi connectivity index (χ3n) is 4.77. The van der Waals surface area contributed by atoms with E-state index in [1.807, 2.05) is 0 Å². The Morgan fingerprint density at radius 2 is 1.82 bits per heavy atom. The topological polar surface area (TPSA) is 9.23 Å². The Bertz CT molecular complexity index is 484. The van der Waals surface area contributed by atoms with Crippen LogP contribution in [0.3, 0.4) is 0 Å². The van der Waals surface area contributed by atoms with Crippen molar-refractivity contribution in [3.05, 3.63) is 29.3 Å². The van der Waals surface area contributed by atoms with Crippen LogP contribution in [0.1, 0.15) is 63.9 Å². The summed E-state index contributed by atoms with van der Waals surface area (Å²) >= 11 is 5.77. The van der Waals surface area contributed by atoms with Gasteiger partial charge in [0, 0.05) is 5.88 Å². The second-order valence-electron chi connectivity index (χ2n) is 6.16. The summed E-state index contributed by atoms with van der Waals surface area (Å²) in [6.07, 6.45) is 7.95. The van der Waals surface area contributed by atoms with Gasteiger partial charge < -0.3 is 4.74 Å². The molecule has 1 aromatic rings. The van der Waals surface area contributed by atoms with Gasteiger partial charge in [-0.1, -0.05) is 31.7 Å². The van der Waals surface area contributed by atoms with E-state index >= 15 is 0 Å². The molecule has 0 saturated heterocycles. The highest BCUT2D eigenvalue weighted by Crippen LogP contribution is 2.45. The Kier molecular flexibility index (Phi) is 6.49. The second-order valence-corrected chi connectivity index (χ2v) is 6.54. The Morgan fingerprint density at radius 1 is 1.09 bits per heavy atom. The number of hydrogen-bond acceptors (Lipinski definition) is 1. The van der Waals surface area contributed by atoms with Gasteiger partial charge in [-0.3, -0.25) is 0 Å². The minimum absolute atomic E-state index is 0.00969. The Balaban J connectivity index is 2.32. The van der Waals surface area contributed by atoms with Crippen LogP contribution in [-0.4, -0.2) is 12.5 Å². The fourth-order valence-electron chi connectivity index (χ4n) is 3.65. The molecule has 0 bridgehead atoms. The minimum Gasteiger partial charge on any atom is -0.491 e. The highest BCUT2D eigenvalue weighted by Gasteiger charge is 2.36. The van der Waals surface area contributed by atoms with Crippen molar-refractivity contribution in [3.8, 4) is 5.75 Å². The van der Waals surface area contributed by atoms with Crippen molar-refractivity contribution in [3.63, 3.8) is 0 Å². The zero-order valence-electron chi connectivity index (χ0n) is 13.3. The first-order chi connectivity index (χ1) is 10.6. The van der Waals surface area contributed by atoms with Gasteiger partial charge in [-0.15, -0.1) is 11.6 Å². The molecule has 0 spiro atoms. The van der Waals surface area contributed by atoms with Crippen molar-refractivity contribution in [2.45, 2.75) is 63.7 Å². The molecule has 22 heavy (non-hydrogen) atoms. The normalized spacial score (nSPS) is 17.5. The lowest BCUT2D eigenvalue weighted by Gasteiger charge is -2.38. The number of hydrogen-bond donors (Lipinski definition) is 0. The van der Waals surface area contributed by atoms with Gasteiger partial charge in [-0.2, -0.15) is 4.39 Å². The predicted octanol–water partition coefficient (Wildman–Crippen LogP) is 5.97. The maximum absolute atomic E-state index is 14.6. The van der Waals surface area contributed by atoms with Crippen molar-refractivity contribution < 1.29 is 13.5 Å². The number of benzene rings is 1. The number of rotatable bonds is 7. The summed E-state index contributed by atoms with van der Waals surface area (Å²) in [7, 11) is 0. The molecular formula is C18H25ClF2O. The van der Waals surface area contributed by atoms with Crippen molar-refractivity contribution in [1.29, 1.82) is 0 Å². The molecule has 0 N–H and O–H groups in total. The van der Waals surface area contributed by atoms with Crippen LogP contribution in [0.25, 0.3) is 0 Å². The summed E-state index contributed by atoms with van der Waals surface area (Å²) < 4.78 is 34.0. The summed E-state index contributed by atoms with van der Waals surface area (Å²) in [6, 6.07) is 3.31. The smallest absolute Gasteiger partial charge is 0.200 e. The molecule has 2 rings (SSSR count). The summed E-state index contributed by atoms with van der Waals surface area (Å²) in [5, 5.41) is 0. The standard InChI is InChI=1S/C18H25ClF2O/c1-2-22-15-9-8-14(16(20)17(15)21)18(12-6-7-13-19)10-4-3-5-11-18/h8-9H,2-7,10-13H2,1H3. The van der Waals surface area contributed by atoms with Crippen LogP contribution in [0.5, 0.6) is 5.75 Å². The lowest BCUT2D eigenvalue weighted by Crippen LogP contribution is -2.30. The van der Waals surface area contributed by atoms with Gasteiger partial charge in [-0.25, -0.2) is 4.39 Å². The third kappa shape index (κ3) is 3.73. The molecule has 1 saturated carbocycles. The van der Waals surface area contributed by atoms with E-state index in [0.29, 0.717) is 18.1 Å². The maximum atomic E-state index is 14.6. The van der Waals surface area contributed by atoms with Crippen LogP contribution in [0.15, 0.2) is 12.1 Å². The Morgan fingerprint density at radius 3 is 2.45 bits per heavy atom. The molecule has 0 atom stereocenters. The fraction of sp³-hybridized carbons (Fsp3) is 0.667. The molecule has 1 aliphatic carbocycles. The van der Waals surface area contributed by atoms with Crippen LogP contribution in [0.2, 0.25) is 0 Å². The first kappa shape index (κ1) is 17.5. The molecular weight excluding hydrogens is 306 g/mol. The molecule has 1 aromatic carbocycles. The number of ether oxygens (including phenoxy) is 1. The zero-order valence-corrected chi connectivity index (χ0v) is 14.0. The van der Waals surface area contributed by atoms with Crippen molar-refractivity contribution >= 4 is 11.6 Å². The summed E-state index contributed by atoms with van der Waals surface area (Å²) in [5.41, 5.74) is 0.294. The first-order valence-electron chi connectivity index (χ1n) is 8.32. The Labute approximate surface area is 137 Å². The fourth-order valence-corrected chi connectivity index (χ4v) is 3.84. The quantitative estimate of drug-likeness (QED) is 0.441. The van der Waals surface area contributed by atoms with E-state index in [1.54, 1.807) is 19.1 Å². The molecule has 4 heteroatoms. The van der Waals surface area contributed by atoms with Crippen molar-refractivity contribution in [2.24, 2.45) is 0 Å². The van der Waals surface area contributed by atoms with E-state index in [-0.39, 0.29) is 11.2 Å². The molecule has 0 aliphatic heterocycles. The molecule has 0 aromatic heterocycles. The van der Waals surface area contributed by atoms with Crippen LogP contribution in [0.4, 0.5) is 8.78 Å². The summed E-state index contributed by atoms with van der Waals surface area (Å²) in [5.74, 6) is -0.938. The van der Waals surface area contributed by atoms with E-state index in [0.717, 1.165) is 44.9 Å². The molecule has 0 radical (unpaired) electrons. The minimum atomic E-state index is -0.846. The predicted molar refractivity (Wildman–Crippen MR) is 86.9 cm³/mol. The SMILES string of the molecule is CCOc1ccc(C2(CCCCCl)CCCCC2)c(F)c1F. The van der Waals surface area contributed by atoms with E-state index in [4.69, 9.17) is 16.3 Å². The summed E-state index contributed by atoms with van der Waals surface area (Å²) in [4.78, 5) is 0. The molecule has 0 heterocycles. The van der Waals surface area contributed by atoms with Gasteiger partial charge in [0.15, 0.2) is 11.6 Å². The van der Waals surface area contributed by atoms with Crippen molar-refractivity contribution in [2.75, 3.05) is 12.5 Å². The van der Waals surface area contributed by atoms with E-state index in [9.17, 15) is 8.78 Å². The van der Waals surface area contributed by atoms with Gasteiger partial charge in [-0.05, 0) is 49.7 Å². The van der Waals surface area contributed by atoms with E-state index in [1.165, 1.54) is 6.42 Å². The van der Waals surface area contributed by atoms with Crippen LogP contribution < -0.4 is 4.74 Å². The molecule has 1 nitrogen and oxygen atoms in total. The monoisotopic (exact) mass is 330 g/mol. The molecule has 1 fully saturated rings. The number of unbranched alkanes of at least 4 members (excludes halogenated alkanes) is 1. The van der Waals surface area contributed by atoms with Gasteiger partial charge in [0.1, 0.15) is 0 Å². The number of halogens is 3. The molecule has 0 unspecified atom stereocenters. The third-order valence-corrected chi connectivity index (χ3v) is 5.03. The number of alkyl halides is 1. The average Bonchev–Trinajstić information content (AvgIpc) is 2.53. The highest BCUT2D eigenvalue weighted by atomic mass is 35.5. The largest absolute Gasteiger partial charge is 0.491 e. The average molecular weight is 331 g/mol. The second kappa shape index (κ2) is 8.14. The summed E-state index contributed by atoms with van der Waals surface area (Å²) in [6.45, 7) is 2.09. The van der Waals surface area contributed by atoms with Crippen molar-refractivity contribution in [1.82, 2.24) is 0 Å². The molecule has 1 aliphatic rings. The van der Waals surface area contributed by atoms with Crippen LogP contribution in [-0.2, 0) is 5.41 Å². The van der Waals surface area contributed by atoms with Gasteiger partial charge in [0.2, 0.25) is 5.82 Å². The van der Waals surface area contributed by atoms with Gasteiger partial charge in [0.05, 0.1) is 6.61 Å². The zero-order chi connectivity index (χ0) is 16.0. The van der Waals surface area contributed by atoms with Crippen LogP contribution >= 0.6 is 11.6 Å². The van der Waals surface area contributed by atoms with Gasteiger partial charge in [0.25, 0.3) is 0 Å². The molecule has 0 amide bonds. The first-order valence-corrected chi connectivity index (χ1v) is 8.85. The van der Waals surface area contributed by atoms with E-state index < -0.39 is 11.6 Å². The lowest BCUT2D eigenvalue weighted by molar-refractivity contribution is 0.253. The maximum Gasteiger partial charge on any atom is 0.200 e. The van der Waals surface area contributed by atoms with E-state index in [2.05, 4.69) is 0 Å². The lowest BCUT2D eigenvalue weighted by atomic mass is 9.66. The molecule has 124 valence electrons. The van der Waals surface area contributed by atoms with Crippen LogP contribution in [0, 0.1) is 11.6 Å². The Hall–Kier alpha value is -0.830.